The van der Waals surface area contributed by atoms with Gasteiger partial charge in [-0.05, 0) is 25.5 Å². The number of nitrogen functional groups attached to an aromatic ring is 1. The first-order chi connectivity index (χ1) is 7.65. The number of aliphatic hydroxyl groups excluding tert-OH is 1. The minimum Gasteiger partial charge on any atom is -0.494 e. The van der Waals surface area contributed by atoms with E-state index < -0.39 is 0 Å². The Morgan fingerprint density at radius 2 is 2.19 bits per heavy atom. The molecule has 16 heavy (non-hydrogen) atoms. The van der Waals surface area contributed by atoms with Gasteiger partial charge in [-0.25, -0.2) is 0 Å². The van der Waals surface area contributed by atoms with Crippen LogP contribution in [0.3, 0.4) is 0 Å². The van der Waals surface area contributed by atoms with Crippen LogP contribution in [0.15, 0.2) is 23.1 Å². The molecule has 1 rings (SSSR count). The molecule has 0 amide bonds. The monoisotopic (exact) mass is 241 g/mol. The Morgan fingerprint density at radius 1 is 1.44 bits per heavy atom. The molecule has 0 bridgehead atoms. The Kier molecular flexibility index (Phi) is 5.49. The summed E-state index contributed by atoms with van der Waals surface area (Å²) in [5.41, 5.74) is 6.51. The minimum atomic E-state index is 0.217. The zero-order valence-electron chi connectivity index (χ0n) is 9.77. The third-order valence-corrected chi connectivity index (χ3v) is 3.23. The van der Waals surface area contributed by atoms with Gasteiger partial charge in [-0.3, -0.25) is 0 Å². The van der Waals surface area contributed by atoms with Crippen molar-refractivity contribution in [1.82, 2.24) is 0 Å². The first kappa shape index (κ1) is 13.2. The van der Waals surface area contributed by atoms with Crippen LogP contribution >= 0.6 is 11.8 Å². The summed E-state index contributed by atoms with van der Waals surface area (Å²) >= 11 is 1.70. The molecule has 1 aromatic carbocycles. The largest absolute Gasteiger partial charge is 0.494 e. The average molecular weight is 241 g/mol. The number of benzene rings is 1. The van der Waals surface area contributed by atoms with Crippen LogP contribution in [0.1, 0.15) is 20.3 Å². The van der Waals surface area contributed by atoms with E-state index in [0.29, 0.717) is 17.5 Å². The number of hydrogen-bond donors (Lipinski definition) is 2. The van der Waals surface area contributed by atoms with Crippen LogP contribution in [-0.2, 0) is 0 Å². The van der Waals surface area contributed by atoms with E-state index >= 15 is 0 Å². The molecule has 0 fully saturated rings. The lowest BCUT2D eigenvalue weighted by Crippen LogP contribution is -2.00. The van der Waals surface area contributed by atoms with Gasteiger partial charge in [0.2, 0.25) is 0 Å². The van der Waals surface area contributed by atoms with Gasteiger partial charge in [0.1, 0.15) is 5.75 Å². The number of thioether (sulfide) groups is 1. The summed E-state index contributed by atoms with van der Waals surface area (Å²) in [6.07, 6.45) is 0.781. The number of rotatable bonds is 6. The molecule has 0 heterocycles. The summed E-state index contributed by atoms with van der Waals surface area (Å²) in [4.78, 5) is 1.09. The van der Waals surface area contributed by atoms with Gasteiger partial charge in [-0.15, -0.1) is 11.8 Å². The van der Waals surface area contributed by atoms with Gasteiger partial charge in [-0.2, -0.15) is 0 Å². The van der Waals surface area contributed by atoms with E-state index in [1.54, 1.807) is 11.8 Å². The van der Waals surface area contributed by atoms with Crippen LogP contribution in [0.5, 0.6) is 5.75 Å². The Hall–Kier alpha value is -0.870. The molecular formula is C12H19NO2S. The van der Waals surface area contributed by atoms with Crippen molar-refractivity contribution in [3.05, 3.63) is 18.2 Å². The summed E-state index contributed by atoms with van der Waals surface area (Å²) in [5, 5.41) is 9.22. The maximum absolute atomic E-state index is 8.85. The summed E-state index contributed by atoms with van der Waals surface area (Å²) in [6, 6.07) is 5.74. The molecule has 90 valence electrons. The Bertz CT molecular complexity index is 331. The van der Waals surface area contributed by atoms with Gasteiger partial charge in [0.15, 0.2) is 0 Å². The zero-order chi connectivity index (χ0) is 12.0. The lowest BCUT2D eigenvalue weighted by atomic mass is 10.3. The molecule has 0 saturated carbocycles. The topological polar surface area (TPSA) is 55.5 Å². The molecule has 0 spiro atoms. The second-order valence-electron chi connectivity index (χ2n) is 3.61. The fourth-order valence-corrected chi connectivity index (χ4v) is 2.46. The van der Waals surface area contributed by atoms with Crippen LogP contribution < -0.4 is 10.5 Å². The molecule has 4 heteroatoms. The molecule has 1 unspecified atom stereocenters. The Labute approximate surface area is 101 Å². The lowest BCUT2D eigenvalue weighted by Gasteiger charge is -2.11. The number of nitrogens with two attached hydrogens (primary N) is 1. The van der Waals surface area contributed by atoms with Crippen LogP contribution in [-0.4, -0.2) is 23.6 Å². The summed E-state index contributed by atoms with van der Waals surface area (Å²) in [6.45, 7) is 4.89. The van der Waals surface area contributed by atoms with Crippen molar-refractivity contribution >= 4 is 17.4 Å². The molecule has 1 aromatic rings. The number of anilines is 1. The fourth-order valence-electron chi connectivity index (χ4n) is 1.38. The second-order valence-corrected chi connectivity index (χ2v) is 5.12. The van der Waals surface area contributed by atoms with E-state index in [1.165, 1.54) is 0 Å². The van der Waals surface area contributed by atoms with Gasteiger partial charge in [0, 0.05) is 28.5 Å². The fraction of sp³-hybridized carbons (Fsp3) is 0.500. The Balaban J connectivity index is 2.71. The van der Waals surface area contributed by atoms with E-state index in [4.69, 9.17) is 15.6 Å². The number of hydrogen-bond acceptors (Lipinski definition) is 4. The first-order valence-corrected chi connectivity index (χ1v) is 6.34. The van der Waals surface area contributed by atoms with Gasteiger partial charge in [-0.1, -0.05) is 6.92 Å². The third-order valence-electron chi connectivity index (χ3n) is 2.09. The molecule has 1 atom stereocenters. The minimum absolute atomic E-state index is 0.217. The predicted octanol–water partition coefficient (Wildman–Crippen LogP) is 2.53. The highest BCUT2D eigenvalue weighted by molar-refractivity contribution is 8.00. The van der Waals surface area contributed by atoms with Crippen molar-refractivity contribution in [3.63, 3.8) is 0 Å². The average Bonchev–Trinajstić information content (AvgIpc) is 2.17. The number of aliphatic hydroxyl groups is 1. The van der Waals surface area contributed by atoms with Crippen molar-refractivity contribution in [1.29, 1.82) is 0 Å². The smallest absolute Gasteiger partial charge is 0.122 e. The van der Waals surface area contributed by atoms with Crippen LogP contribution in [0.25, 0.3) is 0 Å². The maximum atomic E-state index is 8.85. The van der Waals surface area contributed by atoms with Crippen LogP contribution in [0.2, 0.25) is 0 Å². The van der Waals surface area contributed by atoms with Crippen molar-refractivity contribution in [3.8, 4) is 5.75 Å². The normalized spacial score (nSPS) is 12.4. The summed E-state index contributed by atoms with van der Waals surface area (Å²) < 4.78 is 5.43. The van der Waals surface area contributed by atoms with Crippen molar-refractivity contribution in [2.45, 2.75) is 30.4 Å². The zero-order valence-corrected chi connectivity index (χ0v) is 10.6. The molecular weight excluding hydrogens is 222 g/mol. The molecule has 0 radical (unpaired) electrons. The van der Waals surface area contributed by atoms with Gasteiger partial charge < -0.3 is 15.6 Å². The van der Waals surface area contributed by atoms with E-state index in [1.807, 2.05) is 25.1 Å². The van der Waals surface area contributed by atoms with Crippen molar-refractivity contribution in [2.75, 3.05) is 18.9 Å². The third kappa shape index (κ3) is 4.33. The van der Waals surface area contributed by atoms with Crippen molar-refractivity contribution < 1.29 is 9.84 Å². The second kappa shape index (κ2) is 6.66. The Morgan fingerprint density at radius 3 is 2.81 bits per heavy atom. The SMILES string of the molecule is CCOc1cc(N)cc(SC(C)CCO)c1. The molecule has 0 aliphatic heterocycles. The molecule has 0 saturated heterocycles. The predicted molar refractivity (Wildman–Crippen MR) is 69.0 cm³/mol. The maximum Gasteiger partial charge on any atom is 0.122 e. The summed E-state index contributed by atoms with van der Waals surface area (Å²) in [5.74, 6) is 0.807. The molecule has 3 nitrogen and oxygen atoms in total. The first-order valence-electron chi connectivity index (χ1n) is 5.46. The number of ether oxygens (including phenoxy) is 1. The van der Waals surface area contributed by atoms with E-state index in [9.17, 15) is 0 Å². The quantitative estimate of drug-likeness (QED) is 0.593. The summed E-state index contributed by atoms with van der Waals surface area (Å²) in [7, 11) is 0. The van der Waals surface area contributed by atoms with Crippen molar-refractivity contribution in [2.24, 2.45) is 0 Å². The molecule has 0 aliphatic rings. The van der Waals surface area contributed by atoms with Gasteiger partial charge in [0.25, 0.3) is 0 Å². The van der Waals surface area contributed by atoms with E-state index in [-0.39, 0.29) is 6.61 Å². The van der Waals surface area contributed by atoms with E-state index in [2.05, 4.69) is 6.92 Å². The highest BCUT2D eigenvalue weighted by Crippen LogP contribution is 2.30. The highest BCUT2D eigenvalue weighted by atomic mass is 32.2. The van der Waals surface area contributed by atoms with E-state index in [0.717, 1.165) is 17.1 Å². The van der Waals surface area contributed by atoms with Gasteiger partial charge >= 0.3 is 0 Å². The lowest BCUT2D eigenvalue weighted by molar-refractivity contribution is 0.289. The highest BCUT2D eigenvalue weighted by Gasteiger charge is 2.06. The molecule has 3 N–H and O–H groups in total. The standard InChI is InChI=1S/C12H19NO2S/c1-3-15-11-6-10(13)7-12(8-11)16-9(2)4-5-14/h6-9,14H,3-5,13H2,1-2H3. The van der Waals surface area contributed by atoms with Gasteiger partial charge in [0.05, 0.1) is 6.61 Å². The van der Waals surface area contributed by atoms with Crippen LogP contribution in [0, 0.1) is 0 Å². The molecule has 0 aromatic heterocycles. The molecule has 0 aliphatic carbocycles. The van der Waals surface area contributed by atoms with Crippen LogP contribution in [0.4, 0.5) is 5.69 Å².